The minimum Gasteiger partial charge on any atom is -0.360 e. The molecule has 0 radical (unpaired) electrons. The van der Waals surface area contributed by atoms with Crippen LogP contribution in [0, 0.1) is 0 Å². The van der Waals surface area contributed by atoms with Gasteiger partial charge in [-0.05, 0) is 18.8 Å². The largest absolute Gasteiger partial charge is 0.360 e. The van der Waals surface area contributed by atoms with Crippen LogP contribution >= 0.6 is 0 Å². The van der Waals surface area contributed by atoms with Crippen LogP contribution in [0.15, 0.2) is 10.6 Å². The molecule has 0 unspecified atom stereocenters. The Morgan fingerprint density at radius 3 is 2.60 bits per heavy atom. The van der Waals surface area contributed by atoms with Crippen molar-refractivity contribution >= 4 is 0 Å². The van der Waals surface area contributed by atoms with Crippen LogP contribution < -0.4 is 5.32 Å². The van der Waals surface area contributed by atoms with Gasteiger partial charge in [0.25, 0.3) is 0 Å². The Bertz CT molecular complexity index is 428. The highest BCUT2D eigenvalue weighted by Gasteiger charge is 2.40. The third-order valence-electron chi connectivity index (χ3n) is 4.29. The van der Waals surface area contributed by atoms with Crippen molar-refractivity contribution in [1.29, 1.82) is 0 Å². The average Bonchev–Trinajstić information content (AvgIpc) is 3.08. The predicted octanol–water partition coefficient (Wildman–Crippen LogP) is 2.57. The lowest BCUT2D eigenvalue weighted by Crippen LogP contribution is -2.41. The first-order chi connectivity index (χ1) is 9.67. The molecule has 20 heavy (non-hydrogen) atoms. The van der Waals surface area contributed by atoms with Crippen LogP contribution in [0.2, 0.25) is 0 Å². The summed E-state index contributed by atoms with van der Waals surface area (Å²) in [6.45, 7) is 6.48. The summed E-state index contributed by atoms with van der Waals surface area (Å²) in [5, 5.41) is 7.63. The number of rotatable bonds is 4. The van der Waals surface area contributed by atoms with Crippen molar-refractivity contribution < 1.29 is 14.0 Å². The first-order valence-corrected chi connectivity index (χ1v) is 7.64. The fourth-order valence-corrected chi connectivity index (χ4v) is 2.98. The van der Waals surface area contributed by atoms with E-state index in [-0.39, 0.29) is 5.79 Å². The normalized spacial score (nSPS) is 22.9. The molecular formula is C15H24N2O3. The van der Waals surface area contributed by atoms with E-state index in [1.54, 1.807) is 0 Å². The van der Waals surface area contributed by atoms with Crippen LogP contribution in [0.4, 0.5) is 0 Å². The summed E-state index contributed by atoms with van der Waals surface area (Å²) in [4.78, 5) is 0. The monoisotopic (exact) mass is 280 g/mol. The van der Waals surface area contributed by atoms with Gasteiger partial charge in [-0.2, -0.15) is 0 Å². The molecule has 1 aliphatic heterocycles. The Morgan fingerprint density at radius 2 is 2.00 bits per heavy atom. The lowest BCUT2D eigenvalue weighted by molar-refractivity contribution is -0.179. The van der Waals surface area contributed by atoms with E-state index >= 15 is 0 Å². The highest BCUT2D eigenvalue weighted by atomic mass is 16.7. The van der Waals surface area contributed by atoms with Crippen molar-refractivity contribution in [2.45, 2.75) is 63.8 Å². The Hall–Kier alpha value is -0.910. The molecule has 2 heterocycles. The number of ether oxygens (including phenoxy) is 2. The fourth-order valence-electron chi connectivity index (χ4n) is 2.98. The van der Waals surface area contributed by atoms with Gasteiger partial charge in [0.1, 0.15) is 0 Å². The van der Waals surface area contributed by atoms with Crippen LogP contribution in [-0.4, -0.2) is 30.2 Å². The van der Waals surface area contributed by atoms with E-state index < -0.39 is 0 Å². The lowest BCUT2D eigenvalue weighted by Gasteiger charge is -2.35. The third-order valence-corrected chi connectivity index (χ3v) is 4.29. The van der Waals surface area contributed by atoms with Gasteiger partial charge in [0.2, 0.25) is 0 Å². The summed E-state index contributed by atoms with van der Waals surface area (Å²) >= 11 is 0. The van der Waals surface area contributed by atoms with Crippen molar-refractivity contribution in [2.75, 3.05) is 13.2 Å². The van der Waals surface area contributed by atoms with Crippen LogP contribution in [0.25, 0.3) is 0 Å². The van der Waals surface area contributed by atoms with Gasteiger partial charge < -0.3 is 19.3 Å². The van der Waals surface area contributed by atoms with Crippen LogP contribution in [0.5, 0.6) is 0 Å². The summed E-state index contributed by atoms with van der Waals surface area (Å²) in [7, 11) is 0. The van der Waals surface area contributed by atoms with Crippen molar-refractivity contribution in [3.05, 3.63) is 17.5 Å². The minimum atomic E-state index is -0.269. The molecule has 1 spiro atoms. The van der Waals surface area contributed by atoms with E-state index in [1.165, 1.54) is 0 Å². The van der Waals surface area contributed by atoms with Gasteiger partial charge >= 0.3 is 0 Å². The Kier molecular flexibility index (Phi) is 4.10. The standard InChI is InChI=1S/C15H24N2O3/c1-11(2)14-9-13(20-17-14)10-16-12-3-5-15(6-4-12)18-7-8-19-15/h9,11-12,16H,3-8,10H2,1-2H3. The zero-order valence-corrected chi connectivity index (χ0v) is 12.4. The molecule has 1 saturated carbocycles. The predicted molar refractivity (Wildman–Crippen MR) is 74.3 cm³/mol. The molecule has 112 valence electrons. The molecule has 3 rings (SSSR count). The molecule has 1 aliphatic carbocycles. The molecule has 1 aromatic rings. The first-order valence-electron chi connectivity index (χ1n) is 7.64. The van der Waals surface area contributed by atoms with Crippen LogP contribution in [0.3, 0.4) is 0 Å². The molecule has 0 amide bonds. The number of aromatic nitrogens is 1. The number of nitrogens with zero attached hydrogens (tertiary/aromatic N) is 1. The molecule has 5 nitrogen and oxygen atoms in total. The summed E-state index contributed by atoms with van der Waals surface area (Å²) in [5.41, 5.74) is 1.03. The molecule has 2 fully saturated rings. The highest BCUT2D eigenvalue weighted by molar-refractivity contribution is 5.08. The van der Waals surface area contributed by atoms with Gasteiger partial charge in [-0.3, -0.25) is 0 Å². The van der Waals surface area contributed by atoms with E-state index in [1.807, 2.05) is 6.07 Å². The molecule has 5 heteroatoms. The Labute approximate surface area is 120 Å². The number of nitrogens with one attached hydrogen (secondary N) is 1. The summed E-state index contributed by atoms with van der Waals surface area (Å²) in [5.74, 6) is 1.07. The molecule has 1 N–H and O–H groups in total. The maximum Gasteiger partial charge on any atom is 0.168 e. The molecule has 2 aliphatic rings. The van der Waals surface area contributed by atoms with Crippen molar-refractivity contribution in [3.8, 4) is 0 Å². The summed E-state index contributed by atoms with van der Waals surface area (Å²) < 4.78 is 16.8. The fraction of sp³-hybridized carbons (Fsp3) is 0.800. The number of hydrogen-bond acceptors (Lipinski definition) is 5. The Morgan fingerprint density at radius 1 is 1.30 bits per heavy atom. The first kappa shape index (κ1) is 14.0. The second kappa shape index (κ2) is 5.84. The Balaban J connectivity index is 1.45. The van der Waals surface area contributed by atoms with Gasteiger partial charge in [0.05, 0.1) is 25.5 Å². The van der Waals surface area contributed by atoms with E-state index in [9.17, 15) is 0 Å². The van der Waals surface area contributed by atoms with E-state index in [4.69, 9.17) is 14.0 Å². The van der Waals surface area contributed by atoms with Gasteiger partial charge in [-0.1, -0.05) is 19.0 Å². The SMILES string of the molecule is CC(C)c1cc(CNC2CCC3(CC2)OCCO3)on1. The molecule has 1 saturated heterocycles. The molecule has 0 bridgehead atoms. The zero-order chi connectivity index (χ0) is 14.0. The minimum absolute atomic E-state index is 0.269. The second-order valence-corrected chi connectivity index (χ2v) is 6.14. The maximum absolute atomic E-state index is 5.74. The van der Waals surface area contributed by atoms with Gasteiger partial charge in [-0.25, -0.2) is 0 Å². The summed E-state index contributed by atoms with van der Waals surface area (Å²) in [6, 6.07) is 2.56. The topological polar surface area (TPSA) is 56.5 Å². The summed E-state index contributed by atoms with van der Waals surface area (Å²) in [6.07, 6.45) is 4.15. The van der Waals surface area contributed by atoms with Gasteiger partial charge in [0, 0.05) is 24.9 Å². The average molecular weight is 280 g/mol. The van der Waals surface area contributed by atoms with Crippen molar-refractivity contribution in [1.82, 2.24) is 10.5 Å². The molecule has 0 aromatic carbocycles. The smallest absolute Gasteiger partial charge is 0.168 e. The van der Waals surface area contributed by atoms with Crippen LogP contribution in [0.1, 0.15) is 56.9 Å². The van der Waals surface area contributed by atoms with Gasteiger partial charge in [0.15, 0.2) is 11.5 Å². The highest BCUT2D eigenvalue weighted by Crippen LogP contribution is 2.35. The number of hydrogen-bond donors (Lipinski definition) is 1. The molecular weight excluding hydrogens is 256 g/mol. The lowest BCUT2D eigenvalue weighted by atomic mass is 9.90. The quantitative estimate of drug-likeness (QED) is 0.918. The second-order valence-electron chi connectivity index (χ2n) is 6.14. The van der Waals surface area contributed by atoms with E-state index in [0.717, 1.165) is 56.9 Å². The molecule has 1 aromatic heterocycles. The van der Waals surface area contributed by atoms with Crippen molar-refractivity contribution in [2.24, 2.45) is 0 Å². The van der Waals surface area contributed by atoms with E-state index in [2.05, 4.69) is 24.3 Å². The van der Waals surface area contributed by atoms with Crippen LogP contribution in [-0.2, 0) is 16.0 Å². The zero-order valence-electron chi connectivity index (χ0n) is 12.4. The van der Waals surface area contributed by atoms with Gasteiger partial charge in [-0.15, -0.1) is 0 Å². The van der Waals surface area contributed by atoms with Crippen molar-refractivity contribution in [3.63, 3.8) is 0 Å². The molecule has 0 atom stereocenters. The maximum atomic E-state index is 5.74. The van der Waals surface area contributed by atoms with E-state index in [0.29, 0.717) is 12.0 Å². The third kappa shape index (κ3) is 3.05.